The van der Waals surface area contributed by atoms with Crippen LogP contribution in [0, 0.1) is 0 Å². The van der Waals surface area contributed by atoms with E-state index in [2.05, 4.69) is 5.32 Å². The Morgan fingerprint density at radius 3 is 2.12 bits per heavy atom. The Kier molecular flexibility index (Phi) is 5.02. The number of hydrogen-bond acceptors (Lipinski definition) is 4. The third kappa shape index (κ3) is 8.32. The van der Waals surface area contributed by atoms with Crippen molar-refractivity contribution in [2.45, 2.75) is 45.8 Å². The summed E-state index contributed by atoms with van der Waals surface area (Å²) in [6.45, 7) is 8.75. The van der Waals surface area contributed by atoms with Crippen molar-refractivity contribution in [3.05, 3.63) is 12.1 Å². The first-order valence-electron chi connectivity index (χ1n) is 5.08. The zero-order valence-electron chi connectivity index (χ0n) is 10.4. The van der Waals surface area contributed by atoms with Crippen LogP contribution in [0.5, 0.6) is 0 Å². The van der Waals surface area contributed by atoms with Crippen LogP contribution in [0.3, 0.4) is 0 Å². The van der Waals surface area contributed by atoms with E-state index in [1.165, 1.54) is 12.1 Å². The van der Waals surface area contributed by atoms with Gasteiger partial charge in [-0.2, -0.15) is 0 Å². The van der Waals surface area contributed by atoms with Crippen LogP contribution in [-0.4, -0.2) is 34.4 Å². The predicted molar refractivity (Wildman–Crippen MR) is 62.8 cm³/mol. The van der Waals surface area contributed by atoms with Crippen LogP contribution in [0.4, 0.5) is 4.79 Å². The Balaban J connectivity index is 4.31. The van der Waals surface area contributed by atoms with Crippen LogP contribution in [0.15, 0.2) is 12.1 Å². The first-order valence-corrected chi connectivity index (χ1v) is 5.08. The van der Waals surface area contributed by atoms with Crippen LogP contribution < -0.4 is 5.32 Å². The molecule has 0 saturated heterocycles. The van der Waals surface area contributed by atoms with Crippen molar-refractivity contribution >= 4 is 13.2 Å². The molecule has 0 saturated carbocycles. The molecule has 1 amide bonds. The summed E-state index contributed by atoms with van der Waals surface area (Å²) in [6, 6.07) is 0. The highest BCUT2D eigenvalue weighted by Crippen LogP contribution is 2.10. The molecule has 0 heterocycles. The molecule has 0 aromatic rings. The smallest absolute Gasteiger partial charge is 0.444 e. The fraction of sp³-hybridized carbons (Fsp3) is 0.700. The summed E-state index contributed by atoms with van der Waals surface area (Å²) >= 11 is 0. The Labute approximate surface area is 96.6 Å². The first kappa shape index (κ1) is 15.0. The Morgan fingerprint density at radius 2 is 1.75 bits per heavy atom. The number of amides is 1. The van der Waals surface area contributed by atoms with E-state index in [9.17, 15) is 4.79 Å². The lowest BCUT2D eigenvalue weighted by Crippen LogP contribution is -2.44. The summed E-state index contributed by atoms with van der Waals surface area (Å²) in [5.41, 5.74) is -1.26. The Bertz CT molecular complexity index is 268. The molecule has 0 spiro atoms. The number of carbonyl (C=O) groups excluding carboxylic acids is 1. The second kappa shape index (κ2) is 5.36. The van der Waals surface area contributed by atoms with Crippen molar-refractivity contribution in [3.63, 3.8) is 0 Å². The fourth-order valence-corrected chi connectivity index (χ4v) is 0.935. The molecular formula is C10H20BNO4. The lowest BCUT2D eigenvalue weighted by Gasteiger charge is -2.26. The highest BCUT2D eigenvalue weighted by atomic mass is 16.6. The molecule has 0 aliphatic heterocycles. The summed E-state index contributed by atoms with van der Waals surface area (Å²) < 4.78 is 5.07. The van der Waals surface area contributed by atoms with Gasteiger partial charge in [0.1, 0.15) is 5.60 Å². The minimum atomic E-state index is -1.53. The zero-order chi connectivity index (χ0) is 13.0. The summed E-state index contributed by atoms with van der Waals surface area (Å²) in [5, 5.41) is 19.9. The maximum absolute atomic E-state index is 11.4. The quantitative estimate of drug-likeness (QED) is 0.627. The number of rotatable bonds is 3. The summed E-state index contributed by atoms with van der Waals surface area (Å²) in [6.07, 6.45) is 0.941. The lowest BCUT2D eigenvalue weighted by molar-refractivity contribution is 0.0491. The minimum Gasteiger partial charge on any atom is -0.444 e. The van der Waals surface area contributed by atoms with Gasteiger partial charge in [-0.1, -0.05) is 12.1 Å². The summed E-state index contributed by atoms with van der Waals surface area (Å²) in [5.74, 6) is 1.18. The normalized spacial score (nSPS) is 12.7. The van der Waals surface area contributed by atoms with Gasteiger partial charge in [-0.05, 0) is 34.6 Å². The molecule has 16 heavy (non-hydrogen) atoms. The number of nitrogens with one attached hydrogen (secondary N) is 1. The van der Waals surface area contributed by atoms with Crippen LogP contribution in [0.1, 0.15) is 34.6 Å². The van der Waals surface area contributed by atoms with E-state index in [-0.39, 0.29) is 0 Å². The van der Waals surface area contributed by atoms with Gasteiger partial charge in [0.2, 0.25) is 0 Å². The molecule has 0 aromatic carbocycles. The van der Waals surface area contributed by atoms with Crippen molar-refractivity contribution in [1.82, 2.24) is 5.32 Å². The molecule has 0 aliphatic rings. The number of hydrogen-bond donors (Lipinski definition) is 3. The van der Waals surface area contributed by atoms with Crippen molar-refractivity contribution in [2.75, 3.05) is 0 Å². The third-order valence-electron chi connectivity index (χ3n) is 1.51. The largest absolute Gasteiger partial charge is 0.480 e. The molecule has 0 aliphatic carbocycles. The van der Waals surface area contributed by atoms with Crippen molar-refractivity contribution < 1.29 is 19.6 Å². The highest BCUT2D eigenvalue weighted by Gasteiger charge is 2.22. The van der Waals surface area contributed by atoms with Gasteiger partial charge in [0.25, 0.3) is 0 Å². The van der Waals surface area contributed by atoms with Gasteiger partial charge in [0.05, 0.1) is 5.54 Å². The zero-order valence-corrected chi connectivity index (χ0v) is 10.4. The van der Waals surface area contributed by atoms with Crippen molar-refractivity contribution in [1.29, 1.82) is 0 Å². The molecule has 0 rings (SSSR count). The topological polar surface area (TPSA) is 78.8 Å². The number of alkyl carbamates (subject to hydrolysis) is 1. The molecule has 0 unspecified atom stereocenters. The minimum absolute atomic E-state index is 0.547. The third-order valence-corrected chi connectivity index (χ3v) is 1.51. The lowest BCUT2D eigenvalue weighted by atomic mass is 9.88. The monoisotopic (exact) mass is 229 g/mol. The van der Waals surface area contributed by atoms with Gasteiger partial charge < -0.3 is 20.1 Å². The van der Waals surface area contributed by atoms with Gasteiger partial charge in [-0.15, -0.1) is 0 Å². The van der Waals surface area contributed by atoms with Crippen LogP contribution >= 0.6 is 0 Å². The average molecular weight is 229 g/mol. The standard InChI is InChI=1S/C10H20BNO4/c1-9(2,3)16-8(13)12-10(4,5)6-7-11(14)15/h6-7,14-15H,1-5H3,(H,12,13)/b7-6+. The molecule has 6 heteroatoms. The highest BCUT2D eigenvalue weighted by molar-refractivity contribution is 6.47. The molecule has 0 radical (unpaired) electrons. The van der Waals surface area contributed by atoms with Crippen molar-refractivity contribution in [2.24, 2.45) is 0 Å². The predicted octanol–water partition coefficient (Wildman–Crippen LogP) is 0.858. The van der Waals surface area contributed by atoms with E-state index in [4.69, 9.17) is 14.8 Å². The van der Waals surface area contributed by atoms with Gasteiger partial charge in [-0.3, -0.25) is 0 Å². The van der Waals surface area contributed by atoms with E-state index < -0.39 is 24.4 Å². The molecule has 0 bridgehead atoms. The number of ether oxygens (including phenoxy) is 1. The van der Waals surface area contributed by atoms with E-state index in [1.807, 2.05) is 0 Å². The Morgan fingerprint density at radius 1 is 1.25 bits per heavy atom. The second-order valence-electron chi connectivity index (χ2n) is 5.12. The second-order valence-corrected chi connectivity index (χ2v) is 5.12. The first-order chi connectivity index (χ1) is 7.02. The maximum Gasteiger partial charge on any atom is 0.480 e. The maximum atomic E-state index is 11.4. The molecule has 5 nitrogen and oxygen atoms in total. The van der Waals surface area contributed by atoms with E-state index >= 15 is 0 Å². The van der Waals surface area contributed by atoms with Crippen LogP contribution in [0.25, 0.3) is 0 Å². The molecule has 3 N–H and O–H groups in total. The fourth-order valence-electron chi connectivity index (χ4n) is 0.935. The van der Waals surface area contributed by atoms with Crippen LogP contribution in [-0.2, 0) is 4.74 Å². The summed E-state index contributed by atoms with van der Waals surface area (Å²) in [7, 11) is -1.53. The molecule has 0 aromatic heterocycles. The SMILES string of the molecule is CC(C)(/C=C/B(O)O)NC(=O)OC(C)(C)C. The van der Waals surface area contributed by atoms with E-state index in [0.717, 1.165) is 0 Å². The number of carbonyl (C=O) groups is 1. The van der Waals surface area contributed by atoms with Gasteiger partial charge in [-0.25, -0.2) is 4.79 Å². The Hall–Kier alpha value is -1.01. The van der Waals surface area contributed by atoms with E-state index in [0.29, 0.717) is 0 Å². The molecular weight excluding hydrogens is 209 g/mol. The summed E-state index contributed by atoms with van der Waals surface area (Å²) in [4.78, 5) is 11.4. The van der Waals surface area contributed by atoms with Crippen molar-refractivity contribution in [3.8, 4) is 0 Å². The average Bonchev–Trinajstić information content (AvgIpc) is 1.95. The van der Waals surface area contributed by atoms with Gasteiger partial charge in [0.15, 0.2) is 0 Å². The van der Waals surface area contributed by atoms with Crippen LogP contribution in [0.2, 0.25) is 0 Å². The van der Waals surface area contributed by atoms with E-state index in [1.54, 1.807) is 34.6 Å². The molecule has 0 fully saturated rings. The van der Waals surface area contributed by atoms with Gasteiger partial charge >= 0.3 is 13.2 Å². The van der Waals surface area contributed by atoms with Gasteiger partial charge in [0, 0.05) is 0 Å². The molecule has 92 valence electrons. The molecule has 0 atom stereocenters.